The zero-order chi connectivity index (χ0) is 10.8. The van der Waals surface area contributed by atoms with Crippen LogP contribution in [-0.4, -0.2) is 15.8 Å². The Morgan fingerprint density at radius 3 is 2.67 bits per heavy atom. The SMILES string of the molecule is Cc1cc(C=O)c(C)n1-c1ccccn1. The Hall–Kier alpha value is -1.90. The summed E-state index contributed by atoms with van der Waals surface area (Å²) < 4.78 is 1.98. The fourth-order valence-electron chi connectivity index (χ4n) is 1.75. The molecule has 0 atom stereocenters. The molecule has 3 nitrogen and oxygen atoms in total. The number of hydrogen-bond acceptors (Lipinski definition) is 2. The summed E-state index contributed by atoms with van der Waals surface area (Å²) in [5.41, 5.74) is 2.67. The minimum atomic E-state index is 0.721. The third-order valence-electron chi connectivity index (χ3n) is 2.48. The van der Waals surface area contributed by atoms with E-state index in [1.807, 2.05) is 42.7 Å². The second kappa shape index (κ2) is 3.69. The first-order valence-corrected chi connectivity index (χ1v) is 4.79. The molecule has 0 aliphatic heterocycles. The van der Waals surface area contributed by atoms with Gasteiger partial charge in [-0.15, -0.1) is 0 Å². The highest BCUT2D eigenvalue weighted by Gasteiger charge is 2.09. The molecule has 0 amide bonds. The van der Waals surface area contributed by atoms with E-state index in [0.29, 0.717) is 0 Å². The second-order valence-corrected chi connectivity index (χ2v) is 3.47. The van der Waals surface area contributed by atoms with Gasteiger partial charge in [0.05, 0.1) is 0 Å². The maximum absolute atomic E-state index is 10.8. The Labute approximate surface area is 88.4 Å². The Morgan fingerprint density at radius 2 is 2.13 bits per heavy atom. The third-order valence-corrected chi connectivity index (χ3v) is 2.48. The van der Waals surface area contributed by atoms with Crippen LogP contribution in [0.2, 0.25) is 0 Å². The molecule has 0 aromatic carbocycles. The molecule has 0 saturated heterocycles. The molecular formula is C12H12N2O. The average Bonchev–Trinajstić information content (AvgIpc) is 2.55. The third kappa shape index (κ3) is 1.56. The van der Waals surface area contributed by atoms with Crippen LogP contribution in [0.25, 0.3) is 5.82 Å². The van der Waals surface area contributed by atoms with Crippen LogP contribution >= 0.6 is 0 Å². The molecule has 2 aromatic heterocycles. The number of aldehydes is 1. The highest BCUT2D eigenvalue weighted by Crippen LogP contribution is 2.17. The number of aryl methyl sites for hydroxylation is 1. The van der Waals surface area contributed by atoms with Crippen LogP contribution in [0.5, 0.6) is 0 Å². The van der Waals surface area contributed by atoms with Crippen LogP contribution in [-0.2, 0) is 0 Å². The monoisotopic (exact) mass is 200 g/mol. The van der Waals surface area contributed by atoms with E-state index in [0.717, 1.165) is 29.1 Å². The fraction of sp³-hybridized carbons (Fsp3) is 0.167. The summed E-state index contributed by atoms with van der Waals surface area (Å²) in [5.74, 6) is 0.848. The van der Waals surface area contributed by atoms with Crippen molar-refractivity contribution >= 4 is 6.29 Å². The largest absolute Gasteiger partial charge is 0.302 e. The van der Waals surface area contributed by atoms with E-state index in [4.69, 9.17) is 0 Å². The van der Waals surface area contributed by atoms with Crippen molar-refractivity contribution in [2.24, 2.45) is 0 Å². The molecule has 0 unspecified atom stereocenters. The van der Waals surface area contributed by atoms with Crippen molar-refractivity contribution in [3.05, 3.63) is 47.4 Å². The van der Waals surface area contributed by atoms with Crippen molar-refractivity contribution in [3.63, 3.8) is 0 Å². The van der Waals surface area contributed by atoms with Crippen LogP contribution in [0.4, 0.5) is 0 Å². The summed E-state index contributed by atoms with van der Waals surface area (Å²) in [4.78, 5) is 15.1. The molecule has 0 spiro atoms. The van der Waals surface area contributed by atoms with Gasteiger partial charge in [-0.1, -0.05) is 6.07 Å². The first kappa shape index (κ1) is 9.65. The zero-order valence-corrected chi connectivity index (χ0v) is 8.77. The normalized spacial score (nSPS) is 10.3. The Bertz CT molecular complexity index is 486. The van der Waals surface area contributed by atoms with Gasteiger partial charge in [0, 0.05) is 23.1 Å². The molecule has 0 saturated carbocycles. The van der Waals surface area contributed by atoms with Crippen molar-refractivity contribution in [2.45, 2.75) is 13.8 Å². The van der Waals surface area contributed by atoms with Crippen LogP contribution in [0.15, 0.2) is 30.5 Å². The summed E-state index contributed by atoms with van der Waals surface area (Å²) in [6, 6.07) is 7.60. The molecule has 15 heavy (non-hydrogen) atoms. The molecule has 0 fully saturated rings. The highest BCUT2D eigenvalue weighted by molar-refractivity contribution is 5.77. The van der Waals surface area contributed by atoms with E-state index in [-0.39, 0.29) is 0 Å². The van der Waals surface area contributed by atoms with Gasteiger partial charge in [0.2, 0.25) is 0 Å². The zero-order valence-electron chi connectivity index (χ0n) is 8.77. The predicted molar refractivity (Wildman–Crippen MR) is 58.4 cm³/mol. The molecule has 2 aromatic rings. The smallest absolute Gasteiger partial charge is 0.151 e. The lowest BCUT2D eigenvalue weighted by Crippen LogP contribution is -2.01. The standard InChI is InChI=1S/C12H12N2O/c1-9-7-11(8-15)10(2)14(9)12-5-3-4-6-13-12/h3-8H,1-2H3. The van der Waals surface area contributed by atoms with Gasteiger partial charge in [-0.05, 0) is 32.0 Å². The summed E-state index contributed by atoms with van der Waals surface area (Å²) >= 11 is 0. The number of rotatable bonds is 2. The van der Waals surface area contributed by atoms with E-state index in [2.05, 4.69) is 4.98 Å². The number of carbonyl (C=O) groups is 1. The van der Waals surface area contributed by atoms with Crippen molar-refractivity contribution in [1.29, 1.82) is 0 Å². The molecule has 0 N–H and O–H groups in total. The molecule has 0 bridgehead atoms. The topological polar surface area (TPSA) is 34.9 Å². The van der Waals surface area contributed by atoms with Crippen LogP contribution in [0.3, 0.4) is 0 Å². The molecule has 2 rings (SSSR count). The van der Waals surface area contributed by atoms with Gasteiger partial charge in [-0.3, -0.25) is 4.79 Å². The van der Waals surface area contributed by atoms with E-state index in [1.165, 1.54) is 0 Å². The Morgan fingerprint density at radius 1 is 1.33 bits per heavy atom. The van der Waals surface area contributed by atoms with Crippen LogP contribution in [0.1, 0.15) is 21.7 Å². The molecule has 0 radical (unpaired) electrons. The fourth-order valence-corrected chi connectivity index (χ4v) is 1.75. The van der Waals surface area contributed by atoms with Crippen molar-refractivity contribution in [3.8, 4) is 5.82 Å². The lowest BCUT2D eigenvalue weighted by atomic mass is 10.3. The number of carbonyl (C=O) groups excluding carboxylic acids is 1. The van der Waals surface area contributed by atoms with Crippen LogP contribution in [0, 0.1) is 13.8 Å². The highest BCUT2D eigenvalue weighted by atomic mass is 16.1. The molecule has 0 aliphatic carbocycles. The van der Waals surface area contributed by atoms with Crippen molar-refractivity contribution < 1.29 is 4.79 Å². The summed E-state index contributed by atoms with van der Waals surface area (Å²) in [6.07, 6.45) is 2.62. The lowest BCUT2D eigenvalue weighted by molar-refractivity contribution is 0.112. The predicted octanol–water partition coefficient (Wildman–Crippen LogP) is 2.30. The molecule has 3 heteroatoms. The molecule has 2 heterocycles. The minimum absolute atomic E-state index is 0.721. The minimum Gasteiger partial charge on any atom is -0.302 e. The summed E-state index contributed by atoms with van der Waals surface area (Å²) in [5, 5.41) is 0. The number of nitrogens with zero attached hydrogens (tertiary/aromatic N) is 2. The van der Waals surface area contributed by atoms with Gasteiger partial charge < -0.3 is 4.57 Å². The van der Waals surface area contributed by atoms with Crippen LogP contribution < -0.4 is 0 Å². The van der Waals surface area contributed by atoms with E-state index >= 15 is 0 Å². The van der Waals surface area contributed by atoms with E-state index in [9.17, 15) is 4.79 Å². The van der Waals surface area contributed by atoms with Gasteiger partial charge >= 0.3 is 0 Å². The van der Waals surface area contributed by atoms with E-state index < -0.39 is 0 Å². The number of pyridine rings is 1. The lowest BCUT2D eigenvalue weighted by Gasteiger charge is -2.07. The molecular weight excluding hydrogens is 188 g/mol. The number of hydrogen-bond donors (Lipinski definition) is 0. The number of aromatic nitrogens is 2. The second-order valence-electron chi connectivity index (χ2n) is 3.47. The summed E-state index contributed by atoms with van der Waals surface area (Å²) in [7, 11) is 0. The van der Waals surface area contributed by atoms with Gasteiger partial charge in [0.25, 0.3) is 0 Å². The first-order chi connectivity index (χ1) is 7.24. The molecule has 0 aliphatic rings. The van der Waals surface area contributed by atoms with Crippen molar-refractivity contribution in [1.82, 2.24) is 9.55 Å². The van der Waals surface area contributed by atoms with Crippen molar-refractivity contribution in [2.75, 3.05) is 0 Å². The Balaban J connectivity index is 2.63. The van der Waals surface area contributed by atoms with Gasteiger partial charge in [0.1, 0.15) is 5.82 Å². The van der Waals surface area contributed by atoms with Gasteiger partial charge in [0.15, 0.2) is 6.29 Å². The maximum Gasteiger partial charge on any atom is 0.151 e. The average molecular weight is 200 g/mol. The molecule has 76 valence electrons. The maximum atomic E-state index is 10.8. The first-order valence-electron chi connectivity index (χ1n) is 4.79. The summed E-state index contributed by atoms with van der Waals surface area (Å²) in [6.45, 7) is 3.89. The van der Waals surface area contributed by atoms with Gasteiger partial charge in [-0.2, -0.15) is 0 Å². The van der Waals surface area contributed by atoms with E-state index in [1.54, 1.807) is 6.20 Å². The van der Waals surface area contributed by atoms with Gasteiger partial charge in [-0.25, -0.2) is 4.98 Å². The Kier molecular flexibility index (Phi) is 2.37. The quantitative estimate of drug-likeness (QED) is 0.697.